The van der Waals surface area contributed by atoms with Gasteiger partial charge in [0.15, 0.2) is 11.5 Å². The third-order valence-electron chi connectivity index (χ3n) is 3.77. The van der Waals surface area contributed by atoms with Crippen molar-refractivity contribution in [3.05, 3.63) is 22.7 Å². The largest absolute Gasteiger partial charge is 0.454 e. The van der Waals surface area contributed by atoms with E-state index in [1.807, 2.05) is 12.1 Å². The highest BCUT2D eigenvalue weighted by molar-refractivity contribution is 6.32. The standard InChI is InChI=1S/C14H19ClN2O3/c1-9-7-17(2-3-18-9)12(6-16)10-4-11(15)14-13(5-10)19-8-20-14/h4-5,9,12H,2-3,6-8,16H2,1H3. The molecule has 0 amide bonds. The Morgan fingerprint density at radius 3 is 3.05 bits per heavy atom. The van der Waals surface area contributed by atoms with Crippen LogP contribution in [-0.2, 0) is 4.74 Å². The third kappa shape index (κ3) is 2.59. The van der Waals surface area contributed by atoms with Gasteiger partial charge in [-0.1, -0.05) is 11.6 Å². The van der Waals surface area contributed by atoms with Gasteiger partial charge >= 0.3 is 0 Å². The molecule has 0 radical (unpaired) electrons. The molecule has 6 heteroatoms. The summed E-state index contributed by atoms with van der Waals surface area (Å²) in [4.78, 5) is 2.34. The van der Waals surface area contributed by atoms with Gasteiger partial charge in [-0.25, -0.2) is 0 Å². The van der Waals surface area contributed by atoms with Crippen LogP contribution in [0.1, 0.15) is 18.5 Å². The molecule has 1 saturated heterocycles. The maximum absolute atomic E-state index is 6.25. The zero-order valence-electron chi connectivity index (χ0n) is 11.5. The Morgan fingerprint density at radius 1 is 1.45 bits per heavy atom. The normalized spacial score (nSPS) is 23.9. The Hall–Kier alpha value is -1.01. The number of halogens is 1. The van der Waals surface area contributed by atoms with Crippen molar-refractivity contribution in [1.29, 1.82) is 0 Å². The summed E-state index contributed by atoms with van der Waals surface area (Å²) in [6.07, 6.45) is 0.224. The second-order valence-corrected chi connectivity index (χ2v) is 5.57. The van der Waals surface area contributed by atoms with Gasteiger partial charge in [-0.2, -0.15) is 0 Å². The molecule has 2 aliphatic rings. The lowest BCUT2D eigenvalue weighted by molar-refractivity contribution is -0.0333. The monoisotopic (exact) mass is 298 g/mol. The SMILES string of the molecule is CC1CN(C(CN)c2cc(Cl)c3c(c2)OCO3)CCO1. The van der Waals surface area contributed by atoms with E-state index in [4.69, 9.17) is 31.5 Å². The van der Waals surface area contributed by atoms with E-state index in [0.717, 1.165) is 25.3 Å². The van der Waals surface area contributed by atoms with Crippen LogP contribution in [0.2, 0.25) is 5.02 Å². The van der Waals surface area contributed by atoms with Gasteiger partial charge in [0.2, 0.25) is 6.79 Å². The molecule has 1 aromatic rings. The van der Waals surface area contributed by atoms with Crippen LogP contribution in [-0.4, -0.2) is 44.0 Å². The number of nitrogens with zero attached hydrogens (tertiary/aromatic N) is 1. The molecule has 0 aliphatic carbocycles. The van der Waals surface area contributed by atoms with E-state index in [1.54, 1.807) is 0 Å². The minimum atomic E-state index is 0.119. The molecule has 2 atom stereocenters. The molecule has 0 aromatic heterocycles. The minimum absolute atomic E-state index is 0.119. The lowest BCUT2D eigenvalue weighted by atomic mass is 10.0. The second-order valence-electron chi connectivity index (χ2n) is 5.16. The predicted molar refractivity (Wildman–Crippen MR) is 76.4 cm³/mol. The first-order chi connectivity index (χ1) is 9.69. The van der Waals surface area contributed by atoms with Gasteiger partial charge < -0.3 is 19.9 Å². The van der Waals surface area contributed by atoms with Crippen molar-refractivity contribution in [1.82, 2.24) is 4.90 Å². The molecule has 0 bridgehead atoms. The highest BCUT2D eigenvalue weighted by atomic mass is 35.5. The number of hydrogen-bond donors (Lipinski definition) is 1. The summed E-state index contributed by atoms with van der Waals surface area (Å²) in [6, 6.07) is 4.02. The summed E-state index contributed by atoms with van der Waals surface area (Å²) >= 11 is 6.25. The van der Waals surface area contributed by atoms with Gasteiger partial charge in [0.25, 0.3) is 0 Å². The molecule has 1 fully saturated rings. The van der Waals surface area contributed by atoms with Crippen LogP contribution < -0.4 is 15.2 Å². The Labute approximate surface area is 123 Å². The van der Waals surface area contributed by atoms with Gasteiger partial charge in [0, 0.05) is 25.7 Å². The van der Waals surface area contributed by atoms with Crippen molar-refractivity contribution in [3.8, 4) is 11.5 Å². The van der Waals surface area contributed by atoms with Gasteiger partial charge in [-0.3, -0.25) is 4.90 Å². The Balaban J connectivity index is 1.87. The molecule has 2 N–H and O–H groups in total. The molecule has 2 unspecified atom stereocenters. The molecule has 0 spiro atoms. The molecule has 5 nitrogen and oxygen atoms in total. The first-order valence-corrected chi connectivity index (χ1v) is 7.21. The summed E-state index contributed by atoms with van der Waals surface area (Å²) in [5.41, 5.74) is 7.04. The number of nitrogens with two attached hydrogens (primary N) is 1. The molecule has 20 heavy (non-hydrogen) atoms. The van der Waals surface area contributed by atoms with Gasteiger partial charge in [-0.05, 0) is 24.6 Å². The fourth-order valence-corrected chi connectivity index (χ4v) is 3.08. The van der Waals surface area contributed by atoms with E-state index >= 15 is 0 Å². The first kappa shape index (κ1) is 13.9. The second kappa shape index (κ2) is 5.77. The molecule has 2 heterocycles. The van der Waals surface area contributed by atoms with Crippen molar-refractivity contribution in [2.45, 2.75) is 19.1 Å². The van der Waals surface area contributed by atoms with Crippen molar-refractivity contribution in [2.75, 3.05) is 33.0 Å². The van der Waals surface area contributed by atoms with Gasteiger partial charge in [0.1, 0.15) is 0 Å². The fraction of sp³-hybridized carbons (Fsp3) is 0.571. The predicted octanol–water partition coefficient (Wildman–Crippen LogP) is 1.79. The van der Waals surface area contributed by atoms with E-state index in [1.165, 1.54) is 0 Å². The van der Waals surface area contributed by atoms with E-state index in [9.17, 15) is 0 Å². The molecule has 2 aliphatic heterocycles. The molecule has 0 saturated carbocycles. The molecular weight excluding hydrogens is 280 g/mol. The molecule has 110 valence electrons. The van der Waals surface area contributed by atoms with Gasteiger partial charge in [0.05, 0.1) is 17.7 Å². The number of morpholine rings is 1. The Morgan fingerprint density at radius 2 is 2.30 bits per heavy atom. The number of fused-ring (bicyclic) bond motifs is 1. The topological polar surface area (TPSA) is 57.0 Å². The smallest absolute Gasteiger partial charge is 0.231 e. The van der Waals surface area contributed by atoms with Gasteiger partial charge in [-0.15, -0.1) is 0 Å². The maximum Gasteiger partial charge on any atom is 0.231 e. The number of ether oxygens (including phenoxy) is 3. The van der Waals surface area contributed by atoms with E-state index < -0.39 is 0 Å². The molecular formula is C14H19ClN2O3. The summed E-state index contributed by atoms with van der Waals surface area (Å²) in [7, 11) is 0. The van der Waals surface area contributed by atoms with Crippen LogP contribution in [0.25, 0.3) is 0 Å². The van der Waals surface area contributed by atoms with Crippen LogP contribution in [0.3, 0.4) is 0 Å². The van der Waals surface area contributed by atoms with Crippen LogP contribution in [0.4, 0.5) is 0 Å². The summed E-state index contributed by atoms with van der Waals surface area (Å²) < 4.78 is 16.4. The zero-order chi connectivity index (χ0) is 14.1. The average Bonchev–Trinajstić information content (AvgIpc) is 2.88. The quantitative estimate of drug-likeness (QED) is 0.922. The van der Waals surface area contributed by atoms with Crippen LogP contribution in [0.5, 0.6) is 11.5 Å². The van der Waals surface area contributed by atoms with Crippen molar-refractivity contribution in [3.63, 3.8) is 0 Å². The summed E-state index contributed by atoms with van der Waals surface area (Å²) in [5, 5.41) is 0.578. The Kier molecular flexibility index (Phi) is 4.03. The van der Waals surface area contributed by atoms with Crippen LogP contribution in [0.15, 0.2) is 12.1 Å². The highest BCUT2D eigenvalue weighted by Crippen LogP contribution is 2.41. The summed E-state index contributed by atoms with van der Waals surface area (Å²) in [5.74, 6) is 1.33. The molecule has 3 rings (SSSR count). The van der Waals surface area contributed by atoms with E-state index in [0.29, 0.717) is 23.1 Å². The molecule has 1 aromatic carbocycles. The van der Waals surface area contributed by atoms with Crippen LogP contribution in [0, 0.1) is 0 Å². The van der Waals surface area contributed by atoms with Crippen molar-refractivity contribution < 1.29 is 14.2 Å². The number of hydrogen-bond acceptors (Lipinski definition) is 5. The maximum atomic E-state index is 6.25. The van der Waals surface area contributed by atoms with E-state index in [2.05, 4.69) is 11.8 Å². The first-order valence-electron chi connectivity index (χ1n) is 6.84. The fourth-order valence-electron chi connectivity index (χ4n) is 2.80. The Bertz CT molecular complexity index is 498. The van der Waals surface area contributed by atoms with Crippen molar-refractivity contribution in [2.24, 2.45) is 5.73 Å². The lowest BCUT2D eigenvalue weighted by Crippen LogP contribution is -2.45. The number of rotatable bonds is 3. The zero-order valence-corrected chi connectivity index (χ0v) is 12.2. The summed E-state index contributed by atoms with van der Waals surface area (Å²) in [6.45, 7) is 5.30. The lowest BCUT2D eigenvalue weighted by Gasteiger charge is -2.37. The average molecular weight is 299 g/mol. The van der Waals surface area contributed by atoms with Crippen LogP contribution >= 0.6 is 11.6 Å². The third-order valence-corrected chi connectivity index (χ3v) is 4.05. The number of benzene rings is 1. The van der Waals surface area contributed by atoms with E-state index in [-0.39, 0.29) is 18.9 Å². The minimum Gasteiger partial charge on any atom is -0.454 e. The highest BCUT2D eigenvalue weighted by Gasteiger charge is 2.27. The van der Waals surface area contributed by atoms with Crippen molar-refractivity contribution >= 4 is 11.6 Å².